The van der Waals surface area contributed by atoms with Crippen molar-refractivity contribution < 1.29 is 13.3 Å². The van der Waals surface area contributed by atoms with Gasteiger partial charge in [0.1, 0.15) is 4.90 Å². The first-order chi connectivity index (χ1) is 7.42. The fourth-order valence-corrected chi connectivity index (χ4v) is 1.96. The minimum Gasteiger partial charge on any atom is -0.323 e. The van der Waals surface area contributed by atoms with Crippen LogP contribution in [0.5, 0.6) is 0 Å². The van der Waals surface area contributed by atoms with Gasteiger partial charge < -0.3 is 5.43 Å². The van der Waals surface area contributed by atoms with Gasteiger partial charge in [0, 0.05) is 12.1 Å². The van der Waals surface area contributed by atoms with Crippen molar-refractivity contribution in [3.63, 3.8) is 0 Å². The Morgan fingerprint density at radius 3 is 2.50 bits per heavy atom. The summed E-state index contributed by atoms with van der Waals surface area (Å²) in [6, 6.07) is 3.24. The van der Waals surface area contributed by atoms with Gasteiger partial charge in [-0.3, -0.25) is 16.0 Å². The summed E-state index contributed by atoms with van der Waals surface area (Å²) in [5.41, 5.74) is 1.82. The van der Waals surface area contributed by atoms with Gasteiger partial charge in [-0.05, 0) is 13.1 Å². The fraction of sp³-hybridized carbons (Fsp3) is 0.143. The Kier molecular flexibility index (Phi) is 3.42. The molecule has 16 heavy (non-hydrogen) atoms. The lowest BCUT2D eigenvalue weighted by Crippen LogP contribution is -2.21. The van der Waals surface area contributed by atoms with Crippen LogP contribution < -0.4 is 16.0 Å². The van der Waals surface area contributed by atoms with Crippen LogP contribution in [0.1, 0.15) is 0 Å². The van der Waals surface area contributed by atoms with Crippen LogP contribution in [0.2, 0.25) is 0 Å². The second-order valence-corrected chi connectivity index (χ2v) is 4.64. The molecule has 1 aromatic rings. The average Bonchev–Trinajstić information content (AvgIpc) is 2.28. The van der Waals surface area contributed by atoms with Crippen LogP contribution in [0.4, 0.5) is 11.4 Å². The molecule has 0 heterocycles. The van der Waals surface area contributed by atoms with Gasteiger partial charge in [-0.15, -0.1) is 0 Å². The molecule has 0 bridgehead atoms. The molecular formula is C7H10N4O4S. The summed E-state index contributed by atoms with van der Waals surface area (Å²) >= 11 is 0. The van der Waals surface area contributed by atoms with Gasteiger partial charge in [-0.25, -0.2) is 13.1 Å². The second kappa shape index (κ2) is 4.43. The van der Waals surface area contributed by atoms with Crippen molar-refractivity contribution in [3.8, 4) is 0 Å². The van der Waals surface area contributed by atoms with Crippen LogP contribution in [-0.2, 0) is 10.0 Å². The number of benzene rings is 1. The molecule has 0 spiro atoms. The number of hydrogen-bond donors (Lipinski definition) is 3. The lowest BCUT2D eigenvalue weighted by Gasteiger charge is -2.08. The van der Waals surface area contributed by atoms with E-state index in [1.54, 1.807) is 0 Å². The van der Waals surface area contributed by atoms with E-state index in [0.29, 0.717) is 0 Å². The highest BCUT2D eigenvalue weighted by Gasteiger charge is 2.19. The summed E-state index contributed by atoms with van der Waals surface area (Å²) in [6.45, 7) is 0. The zero-order valence-corrected chi connectivity index (χ0v) is 9.11. The van der Waals surface area contributed by atoms with Crippen molar-refractivity contribution in [2.45, 2.75) is 4.90 Å². The van der Waals surface area contributed by atoms with E-state index in [1.807, 2.05) is 0 Å². The molecule has 0 aliphatic rings. The molecule has 9 heteroatoms. The topological polar surface area (TPSA) is 127 Å². The molecule has 0 saturated carbocycles. The molecule has 8 nitrogen and oxygen atoms in total. The van der Waals surface area contributed by atoms with Crippen LogP contribution in [0.25, 0.3) is 0 Å². The Labute approximate surface area is 91.6 Å². The van der Waals surface area contributed by atoms with E-state index in [4.69, 9.17) is 5.84 Å². The van der Waals surface area contributed by atoms with Crippen molar-refractivity contribution in [1.82, 2.24) is 4.72 Å². The monoisotopic (exact) mass is 246 g/mol. The third kappa shape index (κ3) is 2.27. The largest absolute Gasteiger partial charge is 0.323 e. The lowest BCUT2D eigenvalue weighted by molar-refractivity contribution is -0.384. The highest BCUT2D eigenvalue weighted by Crippen LogP contribution is 2.25. The third-order valence-electron chi connectivity index (χ3n) is 1.89. The number of hydrogen-bond acceptors (Lipinski definition) is 6. The maximum absolute atomic E-state index is 11.5. The van der Waals surface area contributed by atoms with Gasteiger partial charge in [0.15, 0.2) is 0 Å². The number of rotatable bonds is 4. The molecule has 0 atom stereocenters. The molecule has 0 aliphatic carbocycles. The molecule has 0 aromatic heterocycles. The van der Waals surface area contributed by atoms with E-state index in [2.05, 4.69) is 10.1 Å². The number of nitrogens with zero attached hydrogens (tertiary/aromatic N) is 1. The number of nitrogens with one attached hydrogen (secondary N) is 2. The number of nitro benzene ring substituents is 1. The number of non-ortho nitro benzene ring substituents is 1. The number of hydrazine groups is 1. The molecule has 88 valence electrons. The average molecular weight is 246 g/mol. The maximum atomic E-state index is 11.5. The number of anilines is 1. The minimum absolute atomic E-state index is 0.0384. The summed E-state index contributed by atoms with van der Waals surface area (Å²) in [5.74, 6) is 5.11. The second-order valence-electron chi connectivity index (χ2n) is 2.79. The van der Waals surface area contributed by atoms with Crippen molar-refractivity contribution in [3.05, 3.63) is 28.3 Å². The van der Waals surface area contributed by atoms with Crippen LogP contribution >= 0.6 is 0 Å². The highest BCUT2D eigenvalue weighted by atomic mass is 32.2. The molecule has 1 rings (SSSR count). The number of nitrogens with two attached hydrogens (primary N) is 1. The van der Waals surface area contributed by atoms with E-state index >= 15 is 0 Å². The summed E-state index contributed by atoms with van der Waals surface area (Å²) in [7, 11) is -2.47. The van der Waals surface area contributed by atoms with Crippen molar-refractivity contribution >= 4 is 21.4 Å². The predicted molar refractivity (Wildman–Crippen MR) is 57.2 cm³/mol. The Morgan fingerprint density at radius 2 is 2.06 bits per heavy atom. The smallest absolute Gasteiger partial charge is 0.271 e. The maximum Gasteiger partial charge on any atom is 0.271 e. The first-order valence-electron chi connectivity index (χ1n) is 4.11. The first-order valence-corrected chi connectivity index (χ1v) is 5.59. The van der Waals surface area contributed by atoms with Gasteiger partial charge in [0.2, 0.25) is 10.0 Å². The third-order valence-corrected chi connectivity index (χ3v) is 3.36. The van der Waals surface area contributed by atoms with Gasteiger partial charge in [0.05, 0.1) is 10.6 Å². The first kappa shape index (κ1) is 12.4. The van der Waals surface area contributed by atoms with E-state index in [9.17, 15) is 18.5 Å². The molecule has 1 aromatic carbocycles. The predicted octanol–water partition coefficient (Wildman–Crippen LogP) is -0.212. The van der Waals surface area contributed by atoms with Crippen molar-refractivity contribution in [2.24, 2.45) is 5.84 Å². The summed E-state index contributed by atoms with van der Waals surface area (Å²) in [6.07, 6.45) is 0. The van der Waals surface area contributed by atoms with Crippen LogP contribution in [0, 0.1) is 10.1 Å². The molecule has 0 amide bonds. The van der Waals surface area contributed by atoms with Gasteiger partial charge >= 0.3 is 0 Å². The zero-order chi connectivity index (χ0) is 12.3. The zero-order valence-electron chi connectivity index (χ0n) is 8.30. The van der Waals surface area contributed by atoms with Gasteiger partial charge in [0.25, 0.3) is 5.69 Å². The summed E-state index contributed by atoms with van der Waals surface area (Å²) < 4.78 is 25.1. The number of sulfonamides is 1. The summed E-state index contributed by atoms with van der Waals surface area (Å²) in [5, 5.41) is 10.5. The Morgan fingerprint density at radius 1 is 1.44 bits per heavy atom. The fourth-order valence-electron chi connectivity index (χ4n) is 1.09. The van der Waals surface area contributed by atoms with Crippen LogP contribution in [-0.4, -0.2) is 20.4 Å². The molecular weight excluding hydrogens is 236 g/mol. The SMILES string of the molecule is CNS(=O)(=O)c1ccc([N+](=O)[O-])cc1NN. The number of nitrogen functional groups attached to an aromatic ring is 1. The van der Waals surface area contributed by atoms with Crippen LogP contribution in [0.15, 0.2) is 23.1 Å². The quantitative estimate of drug-likeness (QED) is 0.383. The Hall–Kier alpha value is -1.71. The standard InChI is InChI=1S/C7H10N4O4S/c1-9-16(14,15)7-3-2-5(11(12)13)4-6(7)10-8/h2-4,9-10H,8H2,1H3. The molecule has 0 saturated heterocycles. The molecule has 0 aliphatic heterocycles. The van der Waals surface area contributed by atoms with Gasteiger partial charge in [-0.2, -0.15) is 0 Å². The lowest BCUT2D eigenvalue weighted by atomic mass is 10.3. The molecule has 0 fully saturated rings. The summed E-state index contributed by atoms with van der Waals surface area (Å²) in [4.78, 5) is 9.68. The molecule has 0 unspecified atom stereocenters. The van der Waals surface area contributed by atoms with Crippen molar-refractivity contribution in [1.29, 1.82) is 0 Å². The van der Waals surface area contributed by atoms with Gasteiger partial charge in [-0.1, -0.05) is 0 Å². The van der Waals surface area contributed by atoms with Crippen LogP contribution in [0.3, 0.4) is 0 Å². The van der Waals surface area contributed by atoms with Crippen molar-refractivity contribution in [2.75, 3.05) is 12.5 Å². The molecule has 0 radical (unpaired) electrons. The highest BCUT2D eigenvalue weighted by molar-refractivity contribution is 7.89. The van der Waals surface area contributed by atoms with E-state index in [0.717, 1.165) is 18.2 Å². The minimum atomic E-state index is -3.70. The van der Waals surface area contributed by atoms with E-state index < -0.39 is 14.9 Å². The normalized spacial score (nSPS) is 11.1. The molecule has 4 N–H and O–H groups in total. The Bertz CT molecular complexity index is 513. The van der Waals surface area contributed by atoms with E-state index in [1.165, 1.54) is 7.05 Å². The van der Waals surface area contributed by atoms with E-state index in [-0.39, 0.29) is 16.3 Å². The number of nitro groups is 1. The Balaban J connectivity index is 3.39.